The molecule has 0 spiro atoms. The van der Waals surface area contributed by atoms with Gasteiger partial charge in [-0.1, -0.05) is 54.6 Å². The number of nitrogens with one attached hydrogen (secondary N) is 1. The molecule has 0 saturated heterocycles. The molecule has 3 aromatic heterocycles. The molecule has 12 heteroatoms. The fourth-order valence-corrected chi connectivity index (χ4v) is 4.97. The van der Waals surface area contributed by atoms with Crippen molar-refractivity contribution in [3.05, 3.63) is 95.8 Å². The standard InChI is InChI=1S/C33H32F3N7O2/c1-20(2)43-17-26(33(34,35)36)41-31(43)24-11-9-21(10-12-24)15-37-29-25(45-18-22-7-5-4-6-8-22)16-38-30(42-29)27-28(23-13-14-23)39-19-40-32(27)44-3/h4-12,16-17,19-20,23H,13-15,18H2,1-3H3,(H,37,38,42). The number of benzene rings is 2. The molecule has 0 atom stereocenters. The van der Waals surface area contributed by atoms with Gasteiger partial charge in [0.05, 0.1) is 19.0 Å². The van der Waals surface area contributed by atoms with E-state index in [0.717, 1.165) is 35.9 Å². The van der Waals surface area contributed by atoms with Crippen molar-refractivity contribution in [3.63, 3.8) is 0 Å². The number of rotatable bonds is 11. The van der Waals surface area contributed by atoms with Crippen molar-refractivity contribution in [2.24, 2.45) is 0 Å². The Morgan fingerprint density at radius 2 is 1.71 bits per heavy atom. The number of hydrogen-bond acceptors (Lipinski definition) is 8. The van der Waals surface area contributed by atoms with Crippen LogP contribution in [0.25, 0.3) is 22.8 Å². The molecule has 1 saturated carbocycles. The van der Waals surface area contributed by atoms with Crippen LogP contribution in [0.4, 0.5) is 19.0 Å². The maximum absolute atomic E-state index is 13.4. The first-order valence-electron chi connectivity index (χ1n) is 14.6. The molecular formula is C33H32F3N7O2. The van der Waals surface area contributed by atoms with Gasteiger partial charge in [-0.05, 0) is 37.8 Å². The van der Waals surface area contributed by atoms with Gasteiger partial charge in [0.15, 0.2) is 23.1 Å². The second-order valence-electron chi connectivity index (χ2n) is 11.1. The Bertz CT molecular complexity index is 1770. The molecule has 1 aliphatic carbocycles. The molecular weight excluding hydrogens is 583 g/mol. The van der Waals surface area contributed by atoms with Gasteiger partial charge in [0.25, 0.3) is 0 Å². The summed E-state index contributed by atoms with van der Waals surface area (Å²) in [6, 6.07) is 16.8. The van der Waals surface area contributed by atoms with Crippen LogP contribution < -0.4 is 14.8 Å². The fourth-order valence-electron chi connectivity index (χ4n) is 4.97. The van der Waals surface area contributed by atoms with E-state index in [1.54, 1.807) is 25.4 Å². The normalized spacial score (nSPS) is 13.2. The molecule has 2 aromatic carbocycles. The number of methoxy groups -OCH3 is 1. The Hall–Kier alpha value is -5.00. The third-order valence-corrected chi connectivity index (χ3v) is 7.47. The van der Waals surface area contributed by atoms with Crippen molar-refractivity contribution in [3.8, 4) is 34.4 Å². The van der Waals surface area contributed by atoms with Crippen LogP contribution in [0.2, 0.25) is 0 Å². The average Bonchev–Trinajstić information content (AvgIpc) is 3.79. The number of ether oxygens (including phenoxy) is 2. The smallest absolute Gasteiger partial charge is 0.434 e. The van der Waals surface area contributed by atoms with Gasteiger partial charge in [0, 0.05) is 30.3 Å². The Labute approximate surface area is 258 Å². The van der Waals surface area contributed by atoms with Gasteiger partial charge in [-0.25, -0.2) is 24.9 Å². The second kappa shape index (κ2) is 12.5. The minimum absolute atomic E-state index is 0.194. The highest BCUT2D eigenvalue weighted by molar-refractivity contribution is 5.68. The van der Waals surface area contributed by atoms with Crippen LogP contribution in [0.5, 0.6) is 11.6 Å². The van der Waals surface area contributed by atoms with E-state index in [9.17, 15) is 13.2 Å². The molecule has 6 rings (SSSR count). The van der Waals surface area contributed by atoms with Gasteiger partial charge < -0.3 is 19.4 Å². The third-order valence-electron chi connectivity index (χ3n) is 7.47. The predicted octanol–water partition coefficient (Wildman–Crippen LogP) is 7.47. The molecule has 0 aliphatic heterocycles. The SMILES string of the molecule is COc1ncnc(C2CC2)c1-c1ncc(OCc2ccccc2)c(NCc2ccc(-c3nc(C(F)(F)F)cn3C(C)C)cc2)n1. The van der Waals surface area contributed by atoms with Gasteiger partial charge >= 0.3 is 6.18 Å². The highest BCUT2D eigenvalue weighted by Gasteiger charge is 2.35. The van der Waals surface area contributed by atoms with Crippen LogP contribution in [0, 0.1) is 0 Å². The van der Waals surface area contributed by atoms with Gasteiger partial charge in [0.1, 0.15) is 24.3 Å². The van der Waals surface area contributed by atoms with E-state index in [1.165, 1.54) is 10.9 Å². The van der Waals surface area contributed by atoms with Gasteiger partial charge in [-0.15, -0.1) is 0 Å². The summed E-state index contributed by atoms with van der Waals surface area (Å²) in [5.41, 5.74) is 3.06. The second-order valence-corrected chi connectivity index (χ2v) is 11.1. The minimum atomic E-state index is -4.52. The van der Waals surface area contributed by atoms with E-state index in [1.807, 2.05) is 56.3 Å². The van der Waals surface area contributed by atoms with Crippen LogP contribution in [0.3, 0.4) is 0 Å². The molecule has 1 aliphatic rings. The van der Waals surface area contributed by atoms with Crippen LogP contribution in [0.1, 0.15) is 61.2 Å². The van der Waals surface area contributed by atoms with Crippen molar-refractivity contribution in [1.82, 2.24) is 29.5 Å². The zero-order valence-electron chi connectivity index (χ0n) is 25.0. The summed E-state index contributed by atoms with van der Waals surface area (Å²) in [5.74, 6) is 2.32. The molecule has 232 valence electrons. The molecule has 0 unspecified atom stereocenters. The lowest BCUT2D eigenvalue weighted by molar-refractivity contribution is -0.140. The molecule has 45 heavy (non-hydrogen) atoms. The predicted molar refractivity (Wildman–Crippen MR) is 163 cm³/mol. The quantitative estimate of drug-likeness (QED) is 0.163. The number of nitrogens with zero attached hydrogens (tertiary/aromatic N) is 6. The zero-order chi connectivity index (χ0) is 31.6. The van der Waals surface area contributed by atoms with E-state index < -0.39 is 11.9 Å². The molecule has 1 N–H and O–H groups in total. The summed E-state index contributed by atoms with van der Waals surface area (Å²) < 4.78 is 53.4. The number of anilines is 1. The summed E-state index contributed by atoms with van der Waals surface area (Å²) >= 11 is 0. The molecule has 0 bridgehead atoms. The van der Waals surface area contributed by atoms with E-state index in [4.69, 9.17) is 14.5 Å². The molecule has 9 nitrogen and oxygen atoms in total. The molecule has 0 radical (unpaired) electrons. The largest absolute Gasteiger partial charge is 0.483 e. The van der Waals surface area contributed by atoms with Crippen molar-refractivity contribution >= 4 is 5.82 Å². The summed E-state index contributed by atoms with van der Waals surface area (Å²) in [6.07, 6.45) is 1.71. The van der Waals surface area contributed by atoms with Gasteiger partial charge in [-0.3, -0.25) is 0 Å². The van der Waals surface area contributed by atoms with Gasteiger partial charge in [-0.2, -0.15) is 13.2 Å². The number of aromatic nitrogens is 6. The lowest BCUT2D eigenvalue weighted by atomic mass is 10.1. The first-order valence-corrected chi connectivity index (χ1v) is 14.6. The maximum atomic E-state index is 13.4. The summed E-state index contributed by atoms with van der Waals surface area (Å²) in [4.78, 5) is 22.2. The minimum Gasteiger partial charge on any atom is -0.483 e. The van der Waals surface area contributed by atoms with E-state index in [0.29, 0.717) is 53.5 Å². The summed E-state index contributed by atoms with van der Waals surface area (Å²) in [6.45, 7) is 4.33. The van der Waals surface area contributed by atoms with Crippen LogP contribution in [-0.4, -0.2) is 36.6 Å². The maximum Gasteiger partial charge on any atom is 0.434 e. The lowest BCUT2D eigenvalue weighted by Gasteiger charge is -2.16. The first-order chi connectivity index (χ1) is 21.7. The average molecular weight is 616 g/mol. The van der Waals surface area contributed by atoms with E-state index >= 15 is 0 Å². The topological polar surface area (TPSA) is 99.9 Å². The lowest BCUT2D eigenvalue weighted by Crippen LogP contribution is -2.08. The number of imidazole rings is 1. The zero-order valence-corrected chi connectivity index (χ0v) is 25.0. The van der Waals surface area contributed by atoms with Crippen LogP contribution >= 0.6 is 0 Å². The number of halogens is 3. The Kier molecular flexibility index (Phi) is 8.38. The van der Waals surface area contributed by atoms with E-state index in [-0.39, 0.29) is 11.9 Å². The van der Waals surface area contributed by atoms with Gasteiger partial charge in [0.2, 0.25) is 5.88 Å². The Balaban J connectivity index is 1.28. The van der Waals surface area contributed by atoms with Crippen molar-refractivity contribution in [1.29, 1.82) is 0 Å². The Morgan fingerprint density at radius 3 is 2.38 bits per heavy atom. The first kappa shape index (κ1) is 30.0. The van der Waals surface area contributed by atoms with Crippen molar-refractivity contribution < 1.29 is 22.6 Å². The van der Waals surface area contributed by atoms with Crippen LogP contribution in [-0.2, 0) is 19.3 Å². The monoisotopic (exact) mass is 615 g/mol. The van der Waals surface area contributed by atoms with Crippen LogP contribution in [0.15, 0.2) is 73.3 Å². The molecule has 5 aromatic rings. The highest BCUT2D eigenvalue weighted by Crippen LogP contribution is 2.45. The van der Waals surface area contributed by atoms with Crippen molar-refractivity contribution in [2.45, 2.75) is 58.0 Å². The molecule has 1 fully saturated rings. The summed E-state index contributed by atoms with van der Waals surface area (Å²) in [7, 11) is 1.56. The third kappa shape index (κ3) is 6.74. The van der Waals surface area contributed by atoms with Crippen molar-refractivity contribution in [2.75, 3.05) is 12.4 Å². The number of hydrogen-bond donors (Lipinski definition) is 1. The molecule has 3 heterocycles. The van der Waals surface area contributed by atoms with E-state index in [2.05, 4.69) is 25.3 Å². The highest BCUT2D eigenvalue weighted by atomic mass is 19.4. The fraction of sp³-hybridized carbons (Fsp3) is 0.303. The summed E-state index contributed by atoms with van der Waals surface area (Å²) in [5, 5.41) is 3.36. The molecule has 0 amide bonds. The number of alkyl halides is 3. The Morgan fingerprint density at radius 1 is 0.956 bits per heavy atom.